The first-order valence-corrected chi connectivity index (χ1v) is 10.4. The highest BCUT2D eigenvalue weighted by molar-refractivity contribution is 5.92. The maximum atomic E-state index is 12.9. The Bertz CT molecular complexity index is 912. The summed E-state index contributed by atoms with van der Waals surface area (Å²) >= 11 is 0. The van der Waals surface area contributed by atoms with Crippen LogP contribution in [-0.2, 0) is 11.3 Å². The van der Waals surface area contributed by atoms with Crippen molar-refractivity contribution < 1.29 is 19.0 Å². The summed E-state index contributed by atoms with van der Waals surface area (Å²) < 4.78 is 16.7. The highest BCUT2D eigenvalue weighted by atomic mass is 16.5. The summed E-state index contributed by atoms with van der Waals surface area (Å²) in [6.07, 6.45) is 0. The molecule has 0 aliphatic carbocycles. The first-order valence-electron chi connectivity index (χ1n) is 10.4. The van der Waals surface area contributed by atoms with Gasteiger partial charge in [-0.2, -0.15) is 0 Å². The Morgan fingerprint density at radius 1 is 0.968 bits per heavy atom. The molecule has 0 bridgehead atoms. The van der Waals surface area contributed by atoms with Crippen LogP contribution < -0.4 is 19.1 Å². The Kier molecular flexibility index (Phi) is 8.33. The van der Waals surface area contributed by atoms with Gasteiger partial charge in [-0.25, -0.2) is 4.98 Å². The van der Waals surface area contributed by atoms with E-state index in [-0.39, 0.29) is 11.8 Å². The number of fused-ring (bicyclic) bond motifs is 1. The van der Waals surface area contributed by atoms with E-state index >= 15 is 0 Å². The molecule has 0 spiro atoms. The summed E-state index contributed by atoms with van der Waals surface area (Å²) in [7, 11) is 12.7. The fourth-order valence-electron chi connectivity index (χ4n) is 3.48. The lowest BCUT2D eigenvalue weighted by molar-refractivity contribution is -0.135. The minimum absolute atomic E-state index is 0.0859. The van der Waals surface area contributed by atoms with Gasteiger partial charge in [-0.3, -0.25) is 4.79 Å². The highest BCUT2D eigenvalue weighted by Gasteiger charge is 2.23. The van der Waals surface area contributed by atoms with Crippen LogP contribution in [0.25, 0.3) is 10.9 Å². The van der Waals surface area contributed by atoms with Gasteiger partial charge in [-0.1, -0.05) is 13.8 Å². The summed E-state index contributed by atoms with van der Waals surface area (Å²) in [5, 5.41) is 0.810. The number of ether oxygens (including phenoxy) is 3. The third-order valence-corrected chi connectivity index (χ3v) is 5.09. The second kappa shape index (κ2) is 10.5. The van der Waals surface area contributed by atoms with Gasteiger partial charge in [0.05, 0.1) is 26.8 Å². The number of pyridine rings is 1. The molecule has 0 saturated heterocycles. The zero-order valence-corrected chi connectivity index (χ0v) is 20.3. The Hall–Kier alpha value is -2.74. The molecule has 1 aromatic heterocycles. The summed E-state index contributed by atoms with van der Waals surface area (Å²) in [4.78, 5) is 23.7. The Morgan fingerprint density at radius 3 is 2.10 bits per heavy atom. The van der Waals surface area contributed by atoms with E-state index in [4.69, 9.17) is 19.2 Å². The molecule has 31 heavy (non-hydrogen) atoms. The molecule has 0 atom stereocenters. The van der Waals surface area contributed by atoms with Crippen molar-refractivity contribution in [1.29, 1.82) is 0 Å². The first kappa shape index (κ1) is 24.5. The number of likely N-dealkylation sites (N-methyl/N-ethyl adjacent to an activating group) is 1. The lowest BCUT2D eigenvalue weighted by Crippen LogP contribution is -2.38. The van der Waals surface area contributed by atoms with E-state index in [2.05, 4.69) is 4.90 Å². The molecule has 2 aromatic rings. The number of carbonyl (C=O) groups excluding carboxylic acids is 1. The van der Waals surface area contributed by atoms with E-state index in [0.29, 0.717) is 30.3 Å². The number of anilines is 1. The maximum Gasteiger partial charge on any atom is 0.225 e. The van der Waals surface area contributed by atoms with E-state index in [1.165, 1.54) is 0 Å². The number of carbonyl (C=O) groups is 1. The molecule has 8 heteroatoms. The number of amides is 1. The van der Waals surface area contributed by atoms with E-state index in [9.17, 15) is 4.79 Å². The van der Waals surface area contributed by atoms with Crippen LogP contribution in [0.15, 0.2) is 12.1 Å². The van der Waals surface area contributed by atoms with Gasteiger partial charge in [-0.15, -0.1) is 0 Å². The van der Waals surface area contributed by atoms with Crippen LogP contribution in [0.3, 0.4) is 0 Å². The van der Waals surface area contributed by atoms with Crippen LogP contribution in [0.1, 0.15) is 19.4 Å². The van der Waals surface area contributed by atoms with Crippen molar-refractivity contribution in [2.75, 3.05) is 67.5 Å². The third-order valence-electron chi connectivity index (χ3n) is 5.09. The average Bonchev–Trinajstić information content (AvgIpc) is 2.73. The molecule has 8 nitrogen and oxygen atoms in total. The van der Waals surface area contributed by atoms with Gasteiger partial charge in [0.25, 0.3) is 0 Å². The van der Waals surface area contributed by atoms with E-state index in [1.54, 1.807) is 21.3 Å². The average molecular weight is 433 g/mol. The second-order valence-corrected chi connectivity index (χ2v) is 8.30. The molecule has 0 N–H and O–H groups in total. The van der Waals surface area contributed by atoms with Crippen molar-refractivity contribution in [2.45, 2.75) is 20.4 Å². The Morgan fingerprint density at radius 2 is 1.61 bits per heavy atom. The number of rotatable bonds is 10. The van der Waals surface area contributed by atoms with Crippen molar-refractivity contribution in [3.05, 3.63) is 17.7 Å². The van der Waals surface area contributed by atoms with Crippen molar-refractivity contribution in [2.24, 2.45) is 5.92 Å². The number of benzene rings is 1. The van der Waals surface area contributed by atoms with Crippen LogP contribution in [0.4, 0.5) is 5.82 Å². The van der Waals surface area contributed by atoms with Crippen LogP contribution in [0, 0.1) is 5.92 Å². The van der Waals surface area contributed by atoms with Gasteiger partial charge in [0, 0.05) is 56.7 Å². The molecule has 0 unspecified atom stereocenters. The van der Waals surface area contributed by atoms with E-state index in [0.717, 1.165) is 28.8 Å². The van der Waals surface area contributed by atoms with Gasteiger partial charge >= 0.3 is 0 Å². The molecule has 2 rings (SSSR count). The van der Waals surface area contributed by atoms with E-state index < -0.39 is 0 Å². The van der Waals surface area contributed by atoms with Crippen LogP contribution >= 0.6 is 0 Å². The topological polar surface area (TPSA) is 67.4 Å². The van der Waals surface area contributed by atoms with Crippen molar-refractivity contribution >= 4 is 22.6 Å². The molecule has 1 amide bonds. The third kappa shape index (κ3) is 5.50. The lowest BCUT2D eigenvalue weighted by Gasteiger charge is -2.28. The molecule has 0 aliphatic rings. The fraction of sp³-hybridized carbons (Fsp3) is 0.565. The summed E-state index contributed by atoms with van der Waals surface area (Å²) in [5.74, 6) is 2.47. The van der Waals surface area contributed by atoms with Crippen LogP contribution in [0.2, 0.25) is 0 Å². The molecule has 0 fully saturated rings. The zero-order valence-electron chi connectivity index (χ0n) is 20.3. The minimum Gasteiger partial charge on any atom is -0.493 e. The first-order chi connectivity index (χ1) is 14.6. The fourth-order valence-corrected chi connectivity index (χ4v) is 3.48. The van der Waals surface area contributed by atoms with Gasteiger partial charge in [0.2, 0.25) is 11.7 Å². The Balaban J connectivity index is 2.65. The number of aromatic nitrogens is 1. The highest BCUT2D eigenvalue weighted by Crippen LogP contribution is 2.44. The summed E-state index contributed by atoms with van der Waals surface area (Å²) in [5.41, 5.74) is 1.67. The number of hydrogen-bond donors (Lipinski definition) is 0. The summed E-state index contributed by atoms with van der Waals surface area (Å²) in [6, 6.07) is 3.88. The molecule has 172 valence electrons. The SMILES string of the molecule is COc1cc2nc(N(C)C)c(CN(CCN(C)C)C(=O)C(C)C)cc2c(OC)c1OC. The lowest BCUT2D eigenvalue weighted by atomic mass is 10.1. The summed E-state index contributed by atoms with van der Waals surface area (Å²) in [6.45, 7) is 5.73. The largest absolute Gasteiger partial charge is 0.493 e. The molecular formula is C23H36N4O4. The molecule has 0 saturated carbocycles. The number of methoxy groups -OCH3 is 3. The zero-order chi connectivity index (χ0) is 23.3. The van der Waals surface area contributed by atoms with Gasteiger partial charge < -0.3 is 28.9 Å². The predicted octanol–water partition coefficient (Wildman–Crippen LogP) is 2.87. The molecule has 1 heterocycles. The molecule has 0 aliphatic heterocycles. The van der Waals surface area contributed by atoms with Crippen molar-refractivity contribution in [3.63, 3.8) is 0 Å². The van der Waals surface area contributed by atoms with Crippen molar-refractivity contribution in [1.82, 2.24) is 14.8 Å². The predicted molar refractivity (Wildman–Crippen MR) is 125 cm³/mol. The Labute approximate surface area is 185 Å². The normalized spacial score (nSPS) is 11.2. The molecule has 1 aromatic carbocycles. The maximum absolute atomic E-state index is 12.9. The van der Waals surface area contributed by atoms with Gasteiger partial charge in [0.1, 0.15) is 5.82 Å². The van der Waals surface area contributed by atoms with E-state index in [1.807, 2.05) is 64.0 Å². The number of hydrogen-bond acceptors (Lipinski definition) is 7. The van der Waals surface area contributed by atoms with Crippen LogP contribution in [-0.4, -0.2) is 83.3 Å². The monoisotopic (exact) mass is 432 g/mol. The van der Waals surface area contributed by atoms with Gasteiger partial charge in [0.15, 0.2) is 11.5 Å². The quantitative estimate of drug-likeness (QED) is 0.572. The molecule has 0 radical (unpaired) electrons. The minimum atomic E-state index is -0.0859. The number of nitrogens with zero attached hydrogens (tertiary/aromatic N) is 4. The molecular weight excluding hydrogens is 396 g/mol. The standard InChI is InChI=1S/C23H36N4O4/c1-15(2)23(28)27(11-10-25(3)4)14-16-12-17-18(24-22(16)26(5)6)13-19(29-7)21(31-9)20(17)30-8/h12-13,15H,10-11,14H2,1-9H3. The van der Waals surface area contributed by atoms with Crippen molar-refractivity contribution in [3.8, 4) is 17.2 Å². The second-order valence-electron chi connectivity index (χ2n) is 8.30. The smallest absolute Gasteiger partial charge is 0.225 e. The van der Waals surface area contributed by atoms with Crippen LogP contribution in [0.5, 0.6) is 17.2 Å². The van der Waals surface area contributed by atoms with Gasteiger partial charge in [-0.05, 0) is 20.2 Å².